The third-order valence-electron chi connectivity index (χ3n) is 4.16. The highest BCUT2D eigenvalue weighted by Gasteiger charge is 2.28. The van der Waals surface area contributed by atoms with Gasteiger partial charge in [0.2, 0.25) is 0 Å². The van der Waals surface area contributed by atoms with Crippen molar-refractivity contribution in [1.29, 1.82) is 0 Å². The van der Waals surface area contributed by atoms with E-state index in [1.165, 1.54) is 18.2 Å². The number of amides is 1. The minimum atomic E-state index is -0.609. The Hall–Kier alpha value is -2.43. The second-order valence-electron chi connectivity index (χ2n) is 7.19. The normalized spacial score (nSPS) is 14.2. The molecule has 0 bridgehead atoms. The van der Waals surface area contributed by atoms with Gasteiger partial charge in [0.25, 0.3) is 0 Å². The second-order valence-corrected chi connectivity index (χ2v) is 7.19. The van der Waals surface area contributed by atoms with Crippen molar-refractivity contribution < 1.29 is 18.3 Å². The van der Waals surface area contributed by atoms with Gasteiger partial charge < -0.3 is 9.64 Å². The Balaban J connectivity index is 1.98. The van der Waals surface area contributed by atoms with Crippen molar-refractivity contribution in [2.45, 2.75) is 39.3 Å². The van der Waals surface area contributed by atoms with Crippen LogP contribution in [-0.2, 0) is 17.7 Å². The Morgan fingerprint density at radius 1 is 1.08 bits per heavy atom. The molecular weight excluding hydrogens is 324 g/mol. The van der Waals surface area contributed by atoms with Crippen LogP contribution in [0.1, 0.15) is 31.9 Å². The van der Waals surface area contributed by atoms with Gasteiger partial charge in [-0.3, -0.25) is 0 Å². The van der Waals surface area contributed by atoms with Gasteiger partial charge in [-0.05, 0) is 56.0 Å². The van der Waals surface area contributed by atoms with E-state index in [9.17, 15) is 13.6 Å². The summed E-state index contributed by atoms with van der Waals surface area (Å²) >= 11 is 0. The predicted molar refractivity (Wildman–Crippen MR) is 92.1 cm³/mol. The molecular formula is C20H21F2NO2. The number of hydrogen-bond donors (Lipinski definition) is 0. The molecule has 5 heteroatoms. The first-order chi connectivity index (χ1) is 11.8. The van der Waals surface area contributed by atoms with Crippen LogP contribution >= 0.6 is 0 Å². The molecule has 1 aliphatic heterocycles. The highest BCUT2D eigenvalue weighted by atomic mass is 19.1. The highest BCUT2D eigenvalue weighted by molar-refractivity contribution is 5.73. The lowest BCUT2D eigenvalue weighted by molar-refractivity contribution is 0.0224. The smallest absolute Gasteiger partial charge is 0.410 e. The Kier molecular flexibility index (Phi) is 4.50. The predicted octanol–water partition coefficient (Wildman–Crippen LogP) is 4.93. The molecule has 132 valence electrons. The van der Waals surface area contributed by atoms with E-state index < -0.39 is 23.3 Å². The third-order valence-corrected chi connectivity index (χ3v) is 4.16. The first-order valence-corrected chi connectivity index (χ1v) is 8.29. The molecule has 0 saturated carbocycles. The first-order valence-electron chi connectivity index (χ1n) is 8.29. The number of rotatable bonds is 1. The van der Waals surface area contributed by atoms with Gasteiger partial charge >= 0.3 is 6.09 Å². The number of nitrogens with zero attached hydrogens (tertiary/aromatic N) is 1. The van der Waals surface area contributed by atoms with E-state index >= 15 is 0 Å². The summed E-state index contributed by atoms with van der Waals surface area (Å²) in [5, 5.41) is 0. The maximum Gasteiger partial charge on any atom is 0.410 e. The van der Waals surface area contributed by atoms with Gasteiger partial charge in [-0.25, -0.2) is 13.6 Å². The van der Waals surface area contributed by atoms with Crippen molar-refractivity contribution in [2.75, 3.05) is 6.54 Å². The molecule has 1 amide bonds. The Morgan fingerprint density at radius 2 is 1.72 bits per heavy atom. The molecule has 2 aromatic rings. The van der Waals surface area contributed by atoms with Gasteiger partial charge in [0, 0.05) is 13.1 Å². The quantitative estimate of drug-likeness (QED) is 0.734. The van der Waals surface area contributed by atoms with Crippen molar-refractivity contribution in [3.05, 3.63) is 59.2 Å². The van der Waals surface area contributed by atoms with Gasteiger partial charge in [-0.1, -0.05) is 24.3 Å². The van der Waals surface area contributed by atoms with Crippen molar-refractivity contribution in [3.63, 3.8) is 0 Å². The van der Waals surface area contributed by atoms with Crippen LogP contribution < -0.4 is 0 Å². The number of halogens is 2. The lowest BCUT2D eigenvalue weighted by Crippen LogP contribution is -2.40. The van der Waals surface area contributed by atoms with Gasteiger partial charge in [0.1, 0.15) is 17.2 Å². The molecule has 0 aliphatic carbocycles. The summed E-state index contributed by atoms with van der Waals surface area (Å²) in [6.45, 7) is 6.22. The molecule has 0 saturated heterocycles. The van der Waals surface area contributed by atoms with Crippen LogP contribution in [0.4, 0.5) is 13.6 Å². The maximum absolute atomic E-state index is 14.2. The van der Waals surface area contributed by atoms with Crippen LogP contribution in [0.15, 0.2) is 36.4 Å². The van der Waals surface area contributed by atoms with Crippen LogP contribution in [0, 0.1) is 11.6 Å². The number of benzene rings is 2. The summed E-state index contributed by atoms with van der Waals surface area (Å²) in [7, 11) is 0. The lowest BCUT2D eigenvalue weighted by atomic mass is 9.91. The van der Waals surface area contributed by atoms with E-state index in [2.05, 4.69) is 0 Å². The summed E-state index contributed by atoms with van der Waals surface area (Å²) in [5.41, 5.74) is 1.62. The van der Waals surface area contributed by atoms with E-state index in [1.54, 1.807) is 17.0 Å². The van der Waals surface area contributed by atoms with Crippen LogP contribution in [-0.4, -0.2) is 23.1 Å². The van der Waals surface area contributed by atoms with Crippen molar-refractivity contribution in [3.8, 4) is 11.1 Å². The molecule has 2 aromatic carbocycles. The molecule has 1 heterocycles. The molecule has 1 aliphatic rings. The summed E-state index contributed by atoms with van der Waals surface area (Å²) in [4.78, 5) is 13.9. The summed E-state index contributed by atoms with van der Waals surface area (Å²) in [5.74, 6) is -1.22. The van der Waals surface area contributed by atoms with Crippen LogP contribution in [0.5, 0.6) is 0 Å². The molecule has 0 spiro atoms. The fourth-order valence-electron chi connectivity index (χ4n) is 3.05. The van der Waals surface area contributed by atoms with Gasteiger partial charge in [-0.15, -0.1) is 0 Å². The summed E-state index contributed by atoms with van der Waals surface area (Å²) < 4.78 is 33.9. The number of fused-ring (bicyclic) bond motifs is 1. The third kappa shape index (κ3) is 3.65. The van der Waals surface area contributed by atoms with E-state index in [0.717, 1.165) is 11.1 Å². The Morgan fingerprint density at radius 3 is 2.36 bits per heavy atom. The van der Waals surface area contributed by atoms with Gasteiger partial charge in [0.15, 0.2) is 0 Å². The number of hydrogen-bond acceptors (Lipinski definition) is 2. The molecule has 0 unspecified atom stereocenters. The Labute approximate surface area is 146 Å². The fraction of sp³-hybridized carbons (Fsp3) is 0.350. The topological polar surface area (TPSA) is 29.5 Å². The van der Waals surface area contributed by atoms with Crippen molar-refractivity contribution >= 4 is 6.09 Å². The first kappa shape index (κ1) is 17.4. The second kappa shape index (κ2) is 6.47. The van der Waals surface area contributed by atoms with E-state index in [1.807, 2.05) is 26.8 Å². The zero-order chi connectivity index (χ0) is 18.2. The number of carbonyl (C=O) groups is 1. The molecule has 0 N–H and O–H groups in total. The average Bonchev–Trinajstić information content (AvgIpc) is 2.53. The molecule has 0 aromatic heterocycles. The average molecular weight is 345 g/mol. The van der Waals surface area contributed by atoms with Crippen molar-refractivity contribution in [1.82, 2.24) is 4.90 Å². The lowest BCUT2D eigenvalue weighted by Gasteiger charge is -2.32. The van der Waals surface area contributed by atoms with E-state index in [4.69, 9.17) is 4.74 Å². The molecule has 3 rings (SSSR count). The zero-order valence-electron chi connectivity index (χ0n) is 14.6. The SMILES string of the molecule is CC(C)(C)OC(=O)N1CCc2cccc(-c3c(F)cccc3F)c2C1. The number of ether oxygens (including phenoxy) is 1. The molecule has 25 heavy (non-hydrogen) atoms. The van der Waals surface area contributed by atoms with E-state index in [0.29, 0.717) is 18.5 Å². The van der Waals surface area contributed by atoms with Crippen molar-refractivity contribution in [2.24, 2.45) is 0 Å². The fourth-order valence-corrected chi connectivity index (χ4v) is 3.05. The van der Waals surface area contributed by atoms with Crippen LogP contribution in [0.25, 0.3) is 11.1 Å². The minimum absolute atomic E-state index is 0.0506. The summed E-state index contributed by atoms with van der Waals surface area (Å²) in [6.07, 6.45) is 0.209. The monoisotopic (exact) mass is 345 g/mol. The molecule has 0 fully saturated rings. The summed E-state index contributed by atoms with van der Waals surface area (Å²) in [6, 6.07) is 9.25. The van der Waals surface area contributed by atoms with Crippen LogP contribution in [0.2, 0.25) is 0 Å². The number of carbonyl (C=O) groups excluding carboxylic acids is 1. The zero-order valence-corrected chi connectivity index (χ0v) is 14.6. The molecule has 3 nitrogen and oxygen atoms in total. The Bertz CT molecular complexity index is 792. The standard InChI is InChI=1S/C20H21F2NO2/c1-20(2,3)25-19(24)23-11-10-13-6-4-7-14(15(13)12-23)18-16(21)8-5-9-17(18)22/h4-9H,10-12H2,1-3H3. The van der Waals surface area contributed by atoms with E-state index in [-0.39, 0.29) is 12.1 Å². The largest absolute Gasteiger partial charge is 0.444 e. The molecule has 0 radical (unpaired) electrons. The van der Waals surface area contributed by atoms with Crippen LogP contribution in [0.3, 0.4) is 0 Å². The minimum Gasteiger partial charge on any atom is -0.444 e. The molecule has 0 atom stereocenters. The van der Waals surface area contributed by atoms with Gasteiger partial charge in [-0.2, -0.15) is 0 Å². The van der Waals surface area contributed by atoms with Gasteiger partial charge in [0.05, 0.1) is 5.56 Å². The highest BCUT2D eigenvalue weighted by Crippen LogP contribution is 2.34. The maximum atomic E-state index is 14.2.